The van der Waals surface area contributed by atoms with E-state index in [9.17, 15) is 0 Å². The highest BCUT2D eigenvalue weighted by Gasteiger charge is 2.09. The van der Waals surface area contributed by atoms with Gasteiger partial charge in [-0.05, 0) is 42.3 Å². The van der Waals surface area contributed by atoms with Gasteiger partial charge in [0.05, 0.1) is 18.1 Å². The van der Waals surface area contributed by atoms with Crippen LogP contribution in [0.2, 0.25) is 0 Å². The number of aromatic amines is 1. The summed E-state index contributed by atoms with van der Waals surface area (Å²) >= 11 is 7.27. The summed E-state index contributed by atoms with van der Waals surface area (Å²) in [5.74, 6) is 2.60. The van der Waals surface area contributed by atoms with Crippen LogP contribution >= 0.6 is 24.0 Å². The predicted molar refractivity (Wildman–Crippen MR) is 81.2 cm³/mol. The molecule has 1 unspecified atom stereocenters. The number of imidazole rings is 1. The van der Waals surface area contributed by atoms with Crippen molar-refractivity contribution in [1.29, 1.82) is 0 Å². The number of thioether (sulfide) groups is 1. The van der Waals surface area contributed by atoms with E-state index in [4.69, 9.17) is 17.0 Å². The van der Waals surface area contributed by atoms with Gasteiger partial charge in [-0.25, -0.2) is 0 Å². The van der Waals surface area contributed by atoms with E-state index >= 15 is 0 Å². The molecule has 5 heteroatoms. The normalized spacial score (nSPS) is 12.8. The molecule has 0 aliphatic rings. The molecule has 0 bridgehead atoms. The molecule has 0 amide bonds. The number of ether oxygens (including phenoxy) is 1. The van der Waals surface area contributed by atoms with Crippen LogP contribution < -0.4 is 4.74 Å². The molecule has 98 valence electrons. The summed E-state index contributed by atoms with van der Waals surface area (Å²) in [6.07, 6.45) is 2.13. The van der Waals surface area contributed by atoms with Gasteiger partial charge in [-0.2, -0.15) is 11.8 Å². The molecule has 18 heavy (non-hydrogen) atoms. The maximum absolute atomic E-state index is 5.39. The SMILES string of the molecule is COc1ccc2c(c1)[nH]c(=S)n2CC(C)CSC. The number of hydrogen-bond acceptors (Lipinski definition) is 3. The number of H-pyrrole nitrogens is 1. The van der Waals surface area contributed by atoms with Crippen LogP contribution in [0, 0.1) is 10.7 Å². The van der Waals surface area contributed by atoms with E-state index in [-0.39, 0.29) is 0 Å². The van der Waals surface area contributed by atoms with Crippen LogP contribution in [0.5, 0.6) is 5.75 Å². The molecule has 2 aromatic rings. The van der Waals surface area contributed by atoms with Gasteiger partial charge in [-0.15, -0.1) is 0 Å². The van der Waals surface area contributed by atoms with E-state index in [1.165, 1.54) is 0 Å². The fraction of sp³-hybridized carbons (Fsp3) is 0.462. The average Bonchev–Trinajstić information content (AvgIpc) is 2.65. The molecule has 1 N–H and O–H groups in total. The zero-order chi connectivity index (χ0) is 13.1. The monoisotopic (exact) mass is 282 g/mol. The standard InChI is InChI=1S/C13H18N2OS2/c1-9(8-18-3)7-15-12-5-4-10(16-2)6-11(12)14-13(15)17/h4-6,9H,7-8H2,1-3H3,(H,14,17). The van der Waals surface area contributed by atoms with Crippen molar-refractivity contribution in [2.24, 2.45) is 5.92 Å². The van der Waals surface area contributed by atoms with Gasteiger partial charge < -0.3 is 14.3 Å². The minimum atomic E-state index is 0.604. The number of aromatic nitrogens is 2. The highest BCUT2D eigenvalue weighted by molar-refractivity contribution is 7.98. The van der Waals surface area contributed by atoms with Crippen molar-refractivity contribution in [3.63, 3.8) is 0 Å². The van der Waals surface area contributed by atoms with E-state index in [0.29, 0.717) is 5.92 Å². The number of nitrogens with one attached hydrogen (secondary N) is 1. The van der Waals surface area contributed by atoms with Crippen molar-refractivity contribution in [3.05, 3.63) is 23.0 Å². The summed E-state index contributed by atoms with van der Waals surface area (Å²) in [5.41, 5.74) is 2.18. The number of nitrogens with zero attached hydrogens (tertiary/aromatic N) is 1. The Balaban J connectivity index is 2.38. The topological polar surface area (TPSA) is 29.9 Å². The molecule has 1 aromatic heterocycles. The largest absolute Gasteiger partial charge is 0.497 e. The van der Waals surface area contributed by atoms with Crippen LogP contribution in [0.15, 0.2) is 18.2 Å². The Labute approximate surface area is 117 Å². The fourth-order valence-electron chi connectivity index (χ4n) is 2.10. The number of hydrogen-bond donors (Lipinski definition) is 1. The Morgan fingerprint density at radius 2 is 2.28 bits per heavy atom. The molecule has 0 saturated carbocycles. The first-order chi connectivity index (χ1) is 8.65. The third-order valence-corrected chi connectivity index (χ3v) is 4.15. The number of methoxy groups -OCH3 is 1. The zero-order valence-electron chi connectivity index (χ0n) is 10.9. The lowest BCUT2D eigenvalue weighted by Gasteiger charge is -2.11. The molecule has 0 spiro atoms. The van der Waals surface area contributed by atoms with Gasteiger partial charge in [0.15, 0.2) is 4.77 Å². The lowest BCUT2D eigenvalue weighted by molar-refractivity contribution is 0.415. The molecule has 0 saturated heterocycles. The van der Waals surface area contributed by atoms with E-state index < -0.39 is 0 Å². The van der Waals surface area contributed by atoms with Gasteiger partial charge in [0.1, 0.15) is 5.75 Å². The van der Waals surface area contributed by atoms with Gasteiger partial charge in [0.25, 0.3) is 0 Å². The minimum Gasteiger partial charge on any atom is -0.497 e. The van der Waals surface area contributed by atoms with E-state index in [2.05, 4.69) is 28.8 Å². The quantitative estimate of drug-likeness (QED) is 0.848. The number of benzene rings is 1. The smallest absolute Gasteiger partial charge is 0.178 e. The maximum Gasteiger partial charge on any atom is 0.178 e. The summed E-state index contributed by atoms with van der Waals surface area (Å²) in [6, 6.07) is 6.02. The van der Waals surface area contributed by atoms with Crippen molar-refractivity contribution in [2.45, 2.75) is 13.5 Å². The van der Waals surface area contributed by atoms with Crippen molar-refractivity contribution >= 4 is 35.0 Å². The molecule has 3 nitrogen and oxygen atoms in total. The molecule has 0 radical (unpaired) electrons. The third kappa shape index (κ3) is 2.72. The third-order valence-electron chi connectivity index (χ3n) is 2.93. The highest BCUT2D eigenvalue weighted by Crippen LogP contribution is 2.21. The van der Waals surface area contributed by atoms with Crippen LogP contribution in [0.3, 0.4) is 0 Å². The lowest BCUT2D eigenvalue weighted by atomic mass is 10.2. The van der Waals surface area contributed by atoms with E-state index in [0.717, 1.165) is 33.9 Å². The molecule has 1 heterocycles. The fourth-order valence-corrected chi connectivity index (χ4v) is 3.06. The second-order valence-electron chi connectivity index (χ2n) is 4.48. The molecule has 0 fully saturated rings. The molecular weight excluding hydrogens is 264 g/mol. The van der Waals surface area contributed by atoms with Crippen molar-refractivity contribution in [2.75, 3.05) is 19.1 Å². The van der Waals surface area contributed by atoms with Crippen LogP contribution in [-0.4, -0.2) is 28.7 Å². The maximum atomic E-state index is 5.39. The predicted octanol–water partition coefficient (Wildman–Crippen LogP) is 3.71. The van der Waals surface area contributed by atoms with Crippen LogP contribution in [0.1, 0.15) is 6.92 Å². The Morgan fingerprint density at radius 3 is 2.94 bits per heavy atom. The molecule has 0 aliphatic carbocycles. The lowest BCUT2D eigenvalue weighted by Crippen LogP contribution is -2.09. The first-order valence-corrected chi connectivity index (χ1v) is 7.71. The van der Waals surface area contributed by atoms with Gasteiger partial charge in [0.2, 0.25) is 0 Å². The average molecular weight is 282 g/mol. The van der Waals surface area contributed by atoms with Crippen LogP contribution in [0.25, 0.3) is 11.0 Å². The van der Waals surface area contributed by atoms with Crippen LogP contribution in [-0.2, 0) is 6.54 Å². The molecule has 1 atom stereocenters. The first kappa shape index (κ1) is 13.5. The second kappa shape index (κ2) is 5.80. The summed E-state index contributed by atoms with van der Waals surface area (Å²) in [7, 11) is 1.67. The molecule has 2 rings (SSSR count). The van der Waals surface area contributed by atoms with E-state index in [1.54, 1.807) is 7.11 Å². The minimum absolute atomic E-state index is 0.604. The van der Waals surface area contributed by atoms with Gasteiger partial charge in [-0.1, -0.05) is 6.92 Å². The molecule has 1 aromatic carbocycles. The van der Waals surface area contributed by atoms with Crippen molar-refractivity contribution < 1.29 is 4.74 Å². The number of fused-ring (bicyclic) bond motifs is 1. The van der Waals surface area contributed by atoms with Crippen molar-refractivity contribution in [1.82, 2.24) is 9.55 Å². The zero-order valence-corrected chi connectivity index (χ0v) is 12.5. The highest BCUT2D eigenvalue weighted by atomic mass is 32.2. The van der Waals surface area contributed by atoms with Gasteiger partial charge in [0, 0.05) is 12.6 Å². The van der Waals surface area contributed by atoms with Crippen LogP contribution in [0.4, 0.5) is 0 Å². The summed E-state index contributed by atoms with van der Waals surface area (Å²) < 4.78 is 8.18. The first-order valence-electron chi connectivity index (χ1n) is 5.91. The molecule has 0 aliphatic heterocycles. The van der Waals surface area contributed by atoms with Gasteiger partial charge in [-0.3, -0.25) is 0 Å². The molecular formula is C13H18N2OS2. The Hall–Kier alpha value is -0.940. The van der Waals surface area contributed by atoms with Gasteiger partial charge >= 0.3 is 0 Å². The Kier molecular flexibility index (Phi) is 4.35. The Morgan fingerprint density at radius 1 is 1.50 bits per heavy atom. The summed E-state index contributed by atoms with van der Waals surface area (Å²) in [4.78, 5) is 3.24. The summed E-state index contributed by atoms with van der Waals surface area (Å²) in [6.45, 7) is 3.20. The summed E-state index contributed by atoms with van der Waals surface area (Å²) in [5, 5.41) is 0. The Bertz CT molecular complexity index is 588. The van der Waals surface area contributed by atoms with E-state index in [1.807, 2.05) is 23.9 Å². The second-order valence-corrected chi connectivity index (χ2v) is 5.78. The number of rotatable bonds is 5. The van der Waals surface area contributed by atoms with Crippen molar-refractivity contribution in [3.8, 4) is 5.75 Å².